The maximum atomic E-state index is 12.1. The number of nitrogens with zero attached hydrogens (tertiary/aromatic N) is 2. The first-order valence-electron chi connectivity index (χ1n) is 5.68. The second kappa shape index (κ2) is 4.99. The predicted molar refractivity (Wildman–Crippen MR) is 61.2 cm³/mol. The number of H-pyrrole nitrogens is 1. The lowest BCUT2D eigenvalue weighted by Crippen LogP contribution is -2.48. The number of likely N-dealkylation sites (tertiary alicyclic amines) is 1. The van der Waals surface area contributed by atoms with Crippen LogP contribution < -0.4 is 5.56 Å². The smallest absolute Gasteiger partial charge is 0.326 e. The van der Waals surface area contributed by atoms with Crippen molar-refractivity contribution in [1.82, 2.24) is 14.9 Å². The van der Waals surface area contributed by atoms with Crippen LogP contribution in [0.4, 0.5) is 0 Å². The van der Waals surface area contributed by atoms with E-state index in [4.69, 9.17) is 5.11 Å². The molecule has 0 unspecified atom stereocenters. The second-order valence-corrected chi connectivity index (χ2v) is 4.14. The van der Waals surface area contributed by atoms with Crippen LogP contribution in [-0.2, 0) is 4.79 Å². The fourth-order valence-electron chi connectivity index (χ4n) is 2.04. The average molecular weight is 251 g/mol. The highest BCUT2D eigenvalue weighted by Gasteiger charge is 2.32. The fourth-order valence-corrected chi connectivity index (χ4v) is 2.04. The number of aliphatic carboxylic acids is 1. The fraction of sp³-hybridized carbons (Fsp3) is 0.455. The summed E-state index contributed by atoms with van der Waals surface area (Å²) in [4.78, 5) is 41.4. The standard InChI is InChI=1S/C11H13N3O4/c15-9-6-12-7(5-13-9)10(16)14-4-2-1-3-8(14)11(17)18/h5-6,8H,1-4H2,(H,13,15)(H,17,18)/t8-/m0/s1. The molecule has 1 saturated heterocycles. The van der Waals surface area contributed by atoms with Crippen molar-refractivity contribution in [3.8, 4) is 0 Å². The summed E-state index contributed by atoms with van der Waals surface area (Å²) in [6, 6.07) is -0.806. The topological polar surface area (TPSA) is 103 Å². The van der Waals surface area contributed by atoms with Crippen molar-refractivity contribution < 1.29 is 14.7 Å². The van der Waals surface area contributed by atoms with E-state index in [0.29, 0.717) is 13.0 Å². The van der Waals surface area contributed by atoms with E-state index in [-0.39, 0.29) is 5.69 Å². The number of rotatable bonds is 2. The molecule has 2 rings (SSSR count). The number of piperidine rings is 1. The number of hydrogen-bond donors (Lipinski definition) is 2. The molecule has 0 spiro atoms. The summed E-state index contributed by atoms with van der Waals surface area (Å²) in [6.45, 7) is 0.399. The second-order valence-electron chi connectivity index (χ2n) is 4.14. The van der Waals surface area contributed by atoms with E-state index in [0.717, 1.165) is 19.0 Å². The molecule has 1 aliphatic heterocycles. The molecule has 1 fully saturated rings. The normalized spacial score (nSPS) is 19.6. The van der Waals surface area contributed by atoms with Crippen LogP contribution in [0.2, 0.25) is 0 Å². The molecular weight excluding hydrogens is 238 g/mol. The van der Waals surface area contributed by atoms with E-state index in [2.05, 4.69) is 9.97 Å². The zero-order valence-corrected chi connectivity index (χ0v) is 9.63. The first kappa shape index (κ1) is 12.3. The summed E-state index contributed by atoms with van der Waals surface area (Å²) in [5.41, 5.74) is -0.345. The highest BCUT2D eigenvalue weighted by molar-refractivity contribution is 5.94. The van der Waals surface area contributed by atoms with E-state index >= 15 is 0 Å². The highest BCUT2D eigenvalue weighted by Crippen LogP contribution is 2.18. The molecule has 96 valence electrons. The van der Waals surface area contributed by atoms with Gasteiger partial charge in [-0.15, -0.1) is 0 Å². The van der Waals surface area contributed by atoms with Gasteiger partial charge in [-0.3, -0.25) is 9.59 Å². The Morgan fingerprint density at radius 1 is 1.44 bits per heavy atom. The van der Waals surface area contributed by atoms with Crippen molar-refractivity contribution >= 4 is 11.9 Å². The van der Waals surface area contributed by atoms with E-state index in [1.807, 2.05) is 0 Å². The monoisotopic (exact) mass is 251 g/mol. The van der Waals surface area contributed by atoms with Crippen molar-refractivity contribution in [1.29, 1.82) is 0 Å². The Bertz CT molecular complexity index is 505. The minimum atomic E-state index is -1.01. The van der Waals surface area contributed by atoms with Crippen molar-refractivity contribution in [2.45, 2.75) is 25.3 Å². The average Bonchev–Trinajstić information content (AvgIpc) is 2.39. The molecule has 0 radical (unpaired) electrons. The number of carboxylic acid groups (broad SMARTS) is 1. The third-order valence-electron chi connectivity index (χ3n) is 2.94. The number of hydrogen-bond acceptors (Lipinski definition) is 4. The molecule has 18 heavy (non-hydrogen) atoms. The first-order chi connectivity index (χ1) is 8.59. The van der Waals surface area contributed by atoms with Gasteiger partial charge in [0, 0.05) is 12.7 Å². The van der Waals surface area contributed by atoms with Gasteiger partial charge in [-0.25, -0.2) is 9.78 Å². The van der Waals surface area contributed by atoms with Crippen LogP contribution in [0.25, 0.3) is 0 Å². The molecular formula is C11H13N3O4. The van der Waals surface area contributed by atoms with Crippen LogP contribution in [0.1, 0.15) is 29.8 Å². The van der Waals surface area contributed by atoms with Gasteiger partial charge in [-0.05, 0) is 19.3 Å². The van der Waals surface area contributed by atoms with Crippen LogP contribution in [0.3, 0.4) is 0 Å². The largest absolute Gasteiger partial charge is 0.480 e. The highest BCUT2D eigenvalue weighted by atomic mass is 16.4. The molecule has 0 bridgehead atoms. The predicted octanol–water partition coefficient (Wildman–Crippen LogP) is -0.151. The van der Waals surface area contributed by atoms with Crippen molar-refractivity contribution in [2.75, 3.05) is 6.54 Å². The molecule has 2 N–H and O–H groups in total. The summed E-state index contributed by atoms with van der Waals surface area (Å²) in [6.07, 6.45) is 4.23. The number of carbonyl (C=O) groups excluding carboxylic acids is 1. The van der Waals surface area contributed by atoms with Gasteiger partial charge >= 0.3 is 5.97 Å². The van der Waals surface area contributed by atoms with Gasteiger partial charge < -0.3 is 15.0 Å². The van der Waals surface area contributed by atoms with Gasteiger partial charge in [0.2, 0.25) is 0 Å². The Labute approximate surface area is 102 Å². The number of aromatic amines is 1. The molecule has 2 heterocycles. The van der Waals surface area contributed by atoms with Crippen LogP contribution >= 0.6 is 0 Å². The zero-order valence-electron chi connectivity index (χ0n) is 9.63. The number of carbonyl (C=O) groups is 2. The first-order valence-corrected chi connectivity index (χ1v) is 5.68. The summed E-state index contributed by atoms with van der Waals surface area (Å²) in [7, 11) is 0. The SMILES string of the molecule is O=C(O)[C@@H]1CCCCN1C(=O)c1c[nH]c(=O)cn1. The van der Waals surface area contributed by atoms with Crippen molar-refractivity contribution in [3.63, 3.8) is 0 Å². The van der Waals surface area contributed by atoms with Gasteiger partial charge in [-0.2, -0.15) is 0 Å². The lowest BCUT2D eigenvalue weighted by molar-refractivity contribution is -0.143. The van der Waals surface area contributed by atoms with Crippen LogP contribution in [0.5, 0.6) is 0 Å². The van der Waals surface area contributed by atoms with Gasteiger partial charge in [0.05, 0.1) is 6.20 Å². The Balaban J connectivity index is 2.23. The molecule has 1 aromatic heterocycles. The number of nitrogens with one attached hydrogen (secondary N) is 1. The van der Waals surface area contributed by atoms with Crippen LogP contribution in [0, 0.1) is 0 Å². The zero-order chi connectivity index (χ0) is 13.1. The molecule has 0 saturated carbocycles. The third kappa shape index (κ3) is 2.39. The van der Waals surface area contributed by atoms with Crippen molar-refractivity contribution in [3.05, 3.63) is 28.4 Å². The summed E-state index contributed by atoms with van der Waals surface area (Å²) < 4.78 is 0. The molecule has 1 atom stereocenters. The molecule has 1 aliphatic rings. The van der Waals surface area contributed by atoms with Gasteiger partial charge in [0.1, 0.15) is 11.7 Å². The van der Waals surface area contributed by atoms with E-state index in [1.165, 1.54) is 11.1 Å². The van der Waals surface area contributed by atoms with E-state index in [1.54, 1.807) is 0 Å². The van der Waals surface area contributed by atoms with E-state index in [9.17, 15) is 14.4 Å². The summed E-state index contributed by atoms with van der Waals surface area (Å²) in [5, 5.41) is 9.08. The number of aromatic nitrogens is 2. The third-order valence-corrected chi connectivity index (χ3v) is 2.94. The minimum Gasteiger partial charge on any atom is -0.480 e. The maximum absolute atomic E-state index is 12.1. The van der Waals surface area contributed by atoms with Gasteiger partial charge in [-0.1, -0.05) is 0 Å². The lowest BCUT2D eigenvalue weighted by atomic mass is 10.0. The Kier molecular flexibility index (Phi) is 3.40. The Hall–Kier alpha value is -2.18. The molecule has 1 amide bonds. The van der Waals surface area contributed by atoms with Gasteiger partial charge in [0.15, 0.2) is 0 Å². The molecule has 0 aromatic carbocycles. The van der Waals surface area contributed by atoms with Crippen molar-refractivity contribution in [2.24, 2.45) is 0 Å². The van der Waals surface area contributed by atoms with Gasteiger partial charge in [0.25, 0.3) is 11.5 Å². The minimum absolute atomic E-state index is 0.0581. The summed E-state index contributed by atoms with van der Waals surface area (Å²) in [5.74, 6) is -1.47. The molecule has 7 heteroatoms. The molecule has 7 nitrogen and oxygen atoms in total. The lowest BCUT2D eigenvalue weighted by Gasteiger charge is -2.32. The van der Waals surface area contributed by atoms with E-state index < -0.39 is 23.5 Å². The number of amides is 1. The maximum Gasteiger partial charge on any atom is 0.326 e. The quantitative estimate of drug-likeness (QED) is 0.760. The Morgan fingerprint density at radius 3 is 2.83 bits per heavy atom. The Morgan fingerprint density at radius 2 is 2.22 bits per heavy atom. The molecule has 1 aromatic rings. The van der Waals surface area contributed by atoms with Crippen LogP contribution in [-0.4, -0.2) is 44.4 Å². The number of carboxylic acids is 1. The molecule has 0 aliphatic carbocycles. The summed E-state index contributed by atoms with van der Waals surface area (Å²) >= 11 is 0. The van der Waals surface area contributed by atoms with Crippen LogP contribution in [0.15, 0.2) is 17.2 Å².